The molecule has 3 nitrogen and oxygen atoms in total. The Morgan fingerprint density at radius 3 is 2.86 bits per heavy atom. The highest BCUT2D eigenvalue weighted by atomic mass is 32.1. The standard InChI is InChI=1S/C17H17N3S/c1-3-8-20-15-6-5-12(11-18)10-14(15)19-17(20)16-13(4-2)7-9-21-16/h5-7,9-10H,3-4,8H2,1-2H3. The molecular weight excluding hydrogens is 278 g/mol. The molecule has 106 valence electrons. The predicted octanol–water partition coefficient (Wildman–Crippen LogP) is 4.61. The molecule has 0 aliphatic heterocycles. The fourth-order valence-corrected chi connectivity index (χ4v) is 3.63. The first kappa shape index (κ1) is 13.8. The van der Waals surface area contributed by atoms with Gasteiger partial charge in [0.15, 0.2) is 5.82 Å². The first-order valence-corrected chi connectivity index (χ1v) is 8.13. The van der Waals surface area contributed by atoms with Crippen LogP contribution in [0.25, 0.3) is 21.7 Å². The molecule has 0 spiro atoms. The molecule has 0 radical (unpaired) electrons. The number of nitriles is 1. The van der Waals surface area contributed by atoms with Crippen LogP contribution in [0.5, 0.6) is 0 Å². The van der Waals surface area contributed by atoms with Crippen LogP contribution in [0, 0.1) is 11.3 Å². The summed E-state index contributed by atoms with van der Waals surface area (Å²) in [5.74, 6) is 1.04. The van der Waals surface area contributed by atoms with Crippen molar-refractivity contribution in [3.8, 4) is 16.8 Å². The van der Waals surface area contributed by atoms with Crippen LogP contribution in [0.3, 0.4) is 0 Å². The Morgan fingerprint density at radius 1 is 1.29 bits per heavy atom. The Hall–Kier alpha value is -2.12. The summed E-state index contributed by atoms with van der Waals surface area (Å²) < 4.78 is 2.28. The minimum absolute atomic E-state index is 0.664. The van der Waals surface area contributed by atoms with Crippen LogP contribution in [0.4, 0.5) is 0 Å². The number of benzene rings is 1. The molecule has 0 aliphatic rings. The molecule has 2 heterocycles. The summed E-state index contributed by atoms with van der Waals surface area (Å²) in [6, 6.07) is 10.1. The SMILES string of the molecule is CCCn1c(-c2sccc2CC)nc2cc(C#N)ccc21. The quantitative estimate of drug-likeness (QED) is 0.705. The van der Waals surface area contributed by atoms with E-state index in [2.05, 4.69) is 35.9 Å². The van der Waals surface area contributed by atoms with Crippen LogP contribution in [0.15, 0.2) is 29.6 Å². The maximum Gasteiger partial charge on any atom is 0.151 e. The van der Waals surface area contributed by atoms with E-state index in [1.807, 2.05) is 18.2 Å². The van der Waals surface area contributed by atoms with Gasteiger partial charge in [-0.15, -0.1) is 11.3 Å². The number of rotatable bonds is 4. The first-order chi connectivity index (χ1) is 10.3. The van der Waals surface area contributed by atoms with Crippen LogP contribution >= 0.6 is 11.3 Å². The molecule has 4 heteroatoms. The van der Waals surface area contributed by atoms with E-state index >= 15 is 0 Å². The van der Waals surface area contributed by atoms with Crippen LogP contribution in [-0.4, -0.2) is 9.55 Å². The molecule has 1 aromatic carbocycles. The van der Waals surface area contributed by atoms with Gasteiger partial charge in [0.1, 0.15) is 0 Å². The van der Waals surface area contributed by atoms with Gasteiger partial charge in [-0.1, -0.05) is 13.8 Å². The van der Waals surface area contributed by atoms with E-state index < -0.39 is 0 Å². The van der Waals surface area contributed by atoms with E-state index in [1.165, 1.54) is 10.4 Å². The van der Waals surface area contributed by atoms with Crippen molar-refractivity contribution in [1.82, 2.24) is 9.55 Å². The summed E-state index contributed by atoms with van der Waals surface area (Å²) in [4.78, 5) is 6.06. The number of fused-ring (bicyclic) bond motifs is 1. The van der Waals surface area contributed by atoms with Crippen LogP contribution in [-0.2, 0) is 13.0 Å². The van der Waals surface area contributed by atoms with E-state index in [0.29, 0.717) is 5.56 Å². The molecule has 3 aromatic rings. The summed E-state index contributed by atoms with van der Waals surface area (Å²) in [7, 11) is 0. The van der Waals surface area contributed by atoms with E-state index in [-0.39, 0.29) is 0 Å². The van der Waals surface area contributed by atoms with Gasteiger partial charge in [0.25, 0.3) is 0 Å². The molecule has 0 fully saturated rings. The van der Waals surface area contributed by atoms with Gasteiger partial charge in [-0.25, -0.2) is 4.98 Å². The van der Waals surface area contributed by atoms with Crippen molar-refractivity contribution < 1.29 is 0 Å². The molecular formula is C17H17N3S. The average molecular weight is 295 g/mol. The van der Waals surface area contributed by atoms with Crippen molar-refractivity contribution in [2.75, 3.05) is 0 Å². The van der Waals surface area contributed by atoms with Crippen LogP contribution in [0.1, 0.15) is 31.4 Å². The number of thiophene rings is 1. The summed E-state index contributed by atoms with van der Waals surface area (Å²) in [5, 5.41) is 11.2. The van der Waals surface area contributed by atoms with E-state index in [1.54, 1.807) is 11.3 Å². The number of imidazole rings is 1. The van der Waals surface area contributed by atoms with Crippen molar-refractivity contribution in [1.29, 1.82) is 5.26 Å². The minimum atomic E-state index is 0.664. The second-order valence-electron chi connectivity index (χ2n) is 5.03. The summed E-state index contributed by atoms with van der Waals surface area (Å²) in [6.45, 7) is 5.29. The Labute approximate surface area is 128 Å². The molecule has 0 bridgehead atoms. The lowest BCUT2D eigenvalue weighted by Crippen LogP contribution is -1.99. The number of hydrogen-bond acceptors (Lipinski definition) is 3. The van der Waals surface area contributed by atoms with Gasteiger partial charge in [0.2, 0.25) is 0 Å². The molecule has 21 heavy (non-hydrogen) atoms. The van der Waals surface area contributed by atoms with Crippen molar-refractivity contribution in [2.45, 2.75) is 33.2 Å². The molecule has 0 unspecified atom stereocenters. The number of aryl methyl sites for hydroxylation is 2. The van der Waals surface area contributed by atoms with Crippen molar-refractivity contribution in [2.24, 2.45) is 0 Å². The lowest BCUT2D eigenvalue weighted by atomic mass is 10.2. The van der Waals surface area contributed by atoms with Gasteiger partial charge in [0.05, 0.1) is 27.5 Å². The van der Waals surface area contributed by atoms with E-state index in [0.717, 1.165) is 36.2 Å². The summed E-state index contributed by atoms with van der Waals surface area (Å²) in [5.41, 5.74) is 4.03. The molecule has 0 amide bonds. The number of hydrogen-bond donors (Lipinski definition) is 0. The molecule has 0 N–H and O–H groups in total. The maximum atomic E-state index is 9.06. The third-order valence-corrected chi connectivity index (χ3v) is 4.61. The highest BCUT2D eigenvalue weighted by molar-refractivity contribution is 7.13. The van der Waals surface area contributed by atoms with Gasteiger partial charge in [-0.3, -0.25) is 0 Å². The van der Waals surface area contributed by atoms with Crippen molar-refractivity contribution in [3.63, 3.8) is 0 Å². The fourth-order valence-electron chi connectivity index (χ4n) is 2.63. The lowest BCUT2D eigenvalue weighted by Gasteiger charge is -2.07. The normalized spacial score (nSPS) is 10.9. The minimum Gasteiger partial charge on any atom is -0.323 e. The summed E-state index contributed by atoms with van der Waals surface area (Å²) >= 11 is 1.74. The number of aromatic nitrogens is 2. The summed E-state index contributed by atoms with van der Waals surface area (Å²) in [6.07, 6.45) is 2.07. The van der Waals surface area contributed by atoms with E-state index in [4.69, 9.17) is 10.2 Å². The lowest BCUT2D eigenvalue weighted by molar-refractivity contribution is 0.704. The predicted molar refractivity (Wildman–Crippen MR) is 87.4 cm³/mol. The second-order valence-corrected chi connectivity index (χ2v) is 5.95. The Bertz CT molecular complexity index is 820. The molecule has 0 aliphatic carbocycles. The fraction of sp³-hybridized carbons (Fsp3) is 0.294. The third-order valence-electron chi connectivity index (χ3n) is 3.66. The molecule has 0 saturated heterocycles. The van der Waals surface area contributed by atoms with Gasteiger partial charge in [0, 0.05) is 6.54 Å². The van der Waals surface area contributed by atoms with Crippen molar-refractivity contribution in [3.05, 3.63) is 40.8 Å². The Balaban J connectivity index is 2.26. The highest BCUT2D eigenvalue weighted by Gasteiger charge is 2.16. The van der Waals surface area contributed by atoms with Gasteiger partial charge < -0.3 is 4.57 Å². The zero-order chi connectivity index (χ0) is 14.8. The highest BCUT2D eigenvalue weighted by Crippen LogP contribution is 2.32. The zero-order valence-electron chi connectivity index (χ0n) is 12.3. The smallest absolute Gasteiger partial charge is 0.151 e. The number of nitrogens with zero attached hydrogens (tertiary/aromatic N) is 3. The third kappa shape index (κ3) is 2.34. The Morgan fingerprint density at radius 2 is 2.14 bits per heavy atom. The molecule has 0 atom stereocenters. The topological polar surface area (TPSA) is 41.6 Å². The average Bonchev–Trinajstić information content (AvgIpc) is 3.11. The second kappa shape index (κ2) is 5.71. The van der Waals surface area contributed by atoms with Gasteiger partial charge in [-0.05, 0) is 48.1 Å². The molecule has 0 saturated carbocycles. The largest absolute Gasteiger partial charge is 0.323 e. The zero-order valence-corrected chi connectivity index (χ0v) is 13.1. The van der Waals surface area contributed by atoms with Gasteiger partial charge in [-0.2, -0.15) is 5.26 Å². The monoisotopic (exact) mass is 295 g/mol. The van der Waals surface area contributed by atoms with Gasteiger partial charge >= 0.3 is 0 Å². The van der Waals surface area contributed by atoms with Crippen molar-refractivity contribution >= 4 is 22.4 Å². The molecule has 3 rings (SSSR count). The maximum absolute atomic E-state index is 9.06. The van der Waals surface area contributed by atoms with E-state index in [9.17, 15) is 0 Å². The molecule has 2 aromatic heterocycles. The van der Waals surface area contributed by atoms with Crippen LogP contribution in [0.2, 0.25) is 0 Å². The Kier molecular flexibility index (Phi) is 3.76. The first-order valence-electron chi connectivity index (χ1n) is 7.25. The van der Waals surface area contributed by atoms with Crippen LogP contribution < -0.4 is 0 Å².